The zero-order valence-corrected chi connectivity index (χ0v) is 15.8. The van der Waals surface area contributed by atoms with E-state index in [-0.39, 0.29) is 6.54 Å². The van der Waals surface area contributed by atoms with E-state index in [9.17, 15) is 14.4 Å². The maximum atomic E-state index is 12.1. The Morgan fingerprint density at radius 3 is 2.52 bits per heavy atom. The number of oxazole rings is 1. The molecule has 0 atom stereocenters. The fourth-order valence-electron chi connectivity index (χ4n) is 3.41. The first-order valence-corrected chi connectivity index (χ1v) is 9.49. The largest absolute Gasteiger partial charge is 0.454 e. The number of rotatable bonds is 6. The molecule has 0 aliphatic carbocycles. The van der Waals surface area contributed by atoms with E-state index in [0.717, 1.165) is 18.8 Å². The average Bonchev–Trinajstić information content (AvgIpc) is 3.36. The lowest BCUT2D eigenvalue weighted by Gasteiger charge is -2.17. The van der Waals surface area contributed by atoms with Gasteiger partial charge in [-0.25, -0.2) is 4.79 Å². The van der Waals surface area contributed by atoms with Crippen molar-refractivity contribution in [3.05, 3.63) is 59.1 Å². The molecule has 2 aromatic carbocycles. The third-order valence-electron chi connectivity index (χ3n) is 4.85. The van der Waals surface area contributed by atoms with Gasteiger partial charge in [-0.3, -0.25) is 14.2 Å². The van der Waals surface area contributed by atoms with Crippen LogP contribution in [-0.2, 0) is 20.9 Å². The molecule has 8 nitrogen and oxygen atoms in total. The number of para-hydroxylation sites is 2. The van der Waals surface area contributed by atoms with Crippen molar-refractivity contribution >= 4 is 34.4 Å². The second kappa shape index (κ2) is 8.22. The van der Waals surface area contributed by atoms with Gasteiger partial charge in [0, 0.05) is 24.5 Å². The Balaban J connectivity index is 1.29. The maximum Gasteiger partial charge on any atom is 0.420 e. The Morgan fingerprint density at radius 1 is 1.03 bits per heavy atom. The molecule has 1 aliphatic heterocycles. The van der Waals surface area contributed by atoms with E-state index in [1.54, 1.807) is 24.3 Å². The van der Waals surface area contributed by atoms with Crippen LogP contribution >= 0.6 is 0 Å². The van der Waals surface area contributed by atoms with Crippen molar-refractivity contribution in [1.82, 2.24) is 4.57 Å². The Morgan fingerprint density at radius 2 is 1.76 bits per heavy atom. The second-order valence-electron chi connectivity index (χ2n) is 6.87. The van der Waals surface area contributed by atoms with Gasteiger partial charge in [0.15, 0.2) is 12.2 Å². The molecule has 29 heavy (non-hydrogen) atoms. The van der Waals surface area contributed by atoms with Crippen LogP contribution < -0.4 is 16.0 Å². The van der Waals surface area contributed by atoms with E-state index < -0.39 is 24.2 Å². The minimum Gasteiger partial charge on any atom is -0.454 e. The van der Waals surface area contributed by atoms with Crippen LogP contribution in [0.5, 0.6) is 0 Å². The lowest BCUT2D eigenvalue weighted by molar-refractivity contribution is -0.147. The summed E-state index contributed by atoms with van der Waals surface area (Å²) in [5.41, 5.74) is 2.65. The minimum atomic E-state index is -0.696. The summed E-state index contributed by atoms with van der Waals surface area (Å²) in [4.78, 5) is 38.3. The summed E-state index contributed by atoms with van der Waals surface area (Å²) in [5, 5.41) is 2.69. The number of nitrogens with one attached hydrogen (secondary N) is 1. The molecular formula is C21H21N3O5. The van der Waals surface area contributed by atoms with E-state index in [4.69, 9.17) is 9.15 Å². The molecule has 1 N–H and O–H groups in total. The zero-order chi connectivity index (χ0) is 20.2. The lowest BCUT2D eigenvalue weighted by atomic mass is 10.2. The van der Waals surface area contributed by atoms with Gasteiger partial charge in [0.1, 0.15) is 6.54 Å². The number of esters is 1. The van der Waals surface area contributed by atoms with Gasteiger partial charge < -0.3 is 19.4 Å². The predicted octanol–water partition coefficient (Wildman–Crippen LogP) is 2.38. The molecule has 0 unspecified atom stereocenters. The van der Waals surface area contributed by atoms with Crippen LogP contribution in [0.25, 0.3) is 11.1 Å². The highest BCUT2D eigenvalue weighted by Gasteiger charge is 2.15. The van der Waals surface area contributed by atoms with Crippen molar-refractivity contribution in [1.29, 1.82) is 0 Å². The van der Waals surface area contributed by atoms with Crippen LogP contribution in [0.15, 0.2) is 57.7 Å². The van der Waals surface area contributed by atoms with Gasteiger partial charge in [-0.15, -0.1) is 0 Å². The summed E-state index contributed by atoms with van der Waals surface area (Å²) in [5.74, 6) is -1.79. The maximum absolute atomic E-state index is 12.1. The lowest BCUT2D eigenvalue weighted by Crippen LogP contribution is -2.25. The number of anilines is 2. The quantitative estimate of drug-likeness (QED) is 0.644. The first-order chi connectivity index (χ1) is 14.1. The van der Waals surface area contributed by atoms with Crippen molar-refractivity contribution in [3.63, 3.8) is 0 Å². The van der Waals surface area contributed by atoms with Gasteiger partial charge in [-0.05, 0) is 49.2 Å². The molecule has 1 saturated heterocycles. The Labute approximate surface area is 166 Å². The van der Waals surface area contributed by atoms with Gasteiger partial charge in [0.2, 0.25) is 0 Å². The molecule has 1 fully saturated rings. The van der Waals surface area contributed by atoms with Crippen molar-refractivity contribution in [2.75, 3.05) is 29.9 Å². The minimum absolute atomic E-state index is 0.326. The van der Waals surface area contributed by atoms with E-state index in [1.165, 1.54) is 17.4 Å². The van der Waals surface area contributed by atoms with E-state index in [0.29, 0.717) is 16.8 Å². The van der Waals surface area contributed by atoms with Gasteiger partial charge in [-0.2, -0.15) is 0 Å². The van der Waals surface area contributed by atoms with E-state index in [1.807, 2.05) is 24.3 Å². The molecule has 2 heterocycles. The monoisotopic (exact) mass is 395 g/mol. The van der Waals surface area contributed by atoms with Crippen LogP contribution in [0.3, 0.4) is 0 Å². The Hall–Kier alpha value is -3.55. The van der Waals surface area contributed by atoms with Gasteiger partial charge in [-0.1, -0.05) is 12.1 Å². The molecule has 1 aromatic heterocycles. The summed E-state index contributed by atoms with van der Waals surface area (Å²) in [6.45, 7) is 1.35. The summed E-state index contributed by atoms with van der Waals surface area (Å²) in [6, 6.07) is 14.4. The molecule has 0 bridgehead atoms. The molecule has 8 heteroatoms. The number of hydrogen-bond acceptors (Lipinski definition) is 6. The van der Waals surface area contributed by atoms with E-state index >= 15 is 0 Å². The first kappa shape index (κ1) is 18.8. The van der Waals surface area contributed by atoms with Crippen LogP contribution in [0.2, 0.25) is 0 Å². The summed E-state index contributed by atoms with van der Waals surface area (Å²) < 4.78 is 11.2. The molecule has 4 rings (SSSR count). The number of carbonyl (C=O) groups is 2. The molecule has 0 radical (unpaired) electrons. The fourth-order valence-corrected chi connectivity index (χ4v) is 3.41. The SMILES string of the molecule is O=C(COC(=O)Cn1c(=O)oc2ccccc21)Nc1ccc(N2CCCC2)cc1. The van der Waals surface area contributed by atoms with Crippen molar-refractivity contribution in [2.24, 2.45) is 0 Å². The number of fused-ring (bicyclic) bond motifs is 1. The summed E-state index contributed by atoms with van der Waals surface area (Å²) in [7, 11) is 0. The molecular weight excluding hydrogens is 374 g/mol. The molecule has 1 amide bonds. The second-order valence-corrected chi connectivity index (χ2v) is 6.87. The Kier molecular flexibility index (Phi) is 5.33. The topological polar surface area (TPSA) is 93.8 Å². The first-order valence-electron chi connectivity index (χ1n) is 9.49. The number of carbonyl (C=O) groups excluding carboxylic acids is 2. The Bertz CT molecular complexity index is 1080. The van der Waals surface area contributed by atoms with Gasteiger partial charge in [0.05, 0.1) is 5.52 Å². The highest BCUT2D eigenvalue weighted by molar-refractivity contribution is 5.93. The standard InChI is InChI=1S/C21H21N3O5/c25-19(22-15-7-9-16(10-8-15)23-11-3-4-12-23)14-28-20(26)13-24-17-5-1-2-6-18(17)29-21(24)27/h1-2,5-10H,3-4,11-14H2,(H,22,25). The molecule has 3 aromatic rings. The van der Waals surface area contributed by atoms with Crippen molar-refractivity contribution in [2.45, 2.75) is 19.4 Å². The fraction of sp³-hybridized carbons (Fsp3) is 0.286. The van der Waals surface area contributed by atoms with Crippen LogP contribution in [0.4, 0.5) is 11.4 Å². The molecule has 1 aliphatic rings. The number of ether oxygens (including phenoxy) is 1. The zero-order valence-electron chi connectivity index (χ0n) is 15.8. The van der Waals surface area contributed by atoms with Gasteiger partial charge >= 0.3 is 11.7 Å². The average molecular weight is 395 g/mol. The smallest absolute Gasteiger partial charge is 0.420 e. The van der Waals surface area contributed by atoms with Crippen molar-refractivity contribution in [3.8, 4) is 0 Å². The third-order valence-corrected chi connectivity index (χ3v) is 4.85. The number of nitrogens with zero attached hydrogens (tertiary/aromatic N) is 2. The normalized spacial score (nSPS) is 13.6. The number of benzene rings is 2. The predicted molar refractivity (Wildman–Crippen MR) is 108 cm³/mol. The number of hydrogen-bond donors (Lipinski definition) is 1. The van der Waals surface area contributed by atoms with E-state index in [2.05, 4.69) is 10.2 Å². The third kappa shape index (κ3) is 4.31. The summed E-state index contributed by atoms with van der Waals surface area (Å²) in [6.07, 6.45) is 2.40. The van der Waals surface area contributed by atoms with Crippen molar-refractivity contribution < 1.29 is 18.7 Å². The highest BCUT2D eigenvalue weighted by atomic mass is 16.5. The summed E-state index contributed by atoms with van der Waals surface area (Å²) >= 11 is 0. The number of aromatic nitrogens is 1. The molecule has 150 valence electrons. The van der Waals surface area contributed by atoms with Crippen LogP contribution in [0.1, 0.15) is 12.8 Å². The van der Waals surface area contributed by atoms with Crippen LogP contribution in [-0.4, -0.2) is 36.1 Å². The molecule has 0 spiro atoms. The van der Waals surface area contributed by atoms with Crippen LogP contribution in [0, 0.1) is 0 Å². The van der Waals surface area contributed by atoms with Gasteiger partial charge in [0.25, 0.3) is 5.91 Å². The number of amides is 1. The molecule has 0 saturated carbocycles. The highest BCUT2D eigenvalue weighted by Crippen LogP contribution is 2.22.